The lowest BCUT2D eigenvalue weighted by molar-refractivity contribution is 0.194. The van der Waals surface area contributed by atoms with Crippen molar-refractivity contribution in [2.45, 2.75) is 13.0 Å². The smallest absolute Gasteiger partial charge is 0.0795 e. The SMILES string of the molecule is COCCCNCc1cscn1. The quantitative estimate of drug-likeness (QED) is 0.679. The van der Waals surface area contributed by atoms with Gasteiger partial charge in [0.25, 0.3) is 0 Å². The first-order chi connectivity index (χ1) is 5.93. The Morgan fingerprint density at radius 3 is 3.25 bits per heavy atom. The zero-order chi connectivity index (χ0) is 8.65. The first-order valence-corrected chi connectivity index (χ1v) is 4.94. The van der Waals surface area contributed by atoms with Crippen molar-refractivity contribution >= 4 is 11.3 Å². The van der Waals surface area contributed by atoms with Crippen LogP contribution in [0.25, 0.3) is 0 Å². The maximum atomic E-state index is 4.93. The maximum Gasteiger partial charge on any atom is 0.0795 e. The van der Waals surface area contributed by atoms with Gasteiger partial charge in [-0.3, -0.25) is 0 Å². The van der Waals surface area contributed by atoms with E-state index in [0.717, 1.165) is 31.8 Å². The highest BCUT2D eigenvalue weighted by molar-refractivity contribution is 7.07. The third-order valence-electron chi connectivity index (χ3n) is 1.49. The van der Waals surface area contributed by atoms with Gasteiger partial charge in [-0.05, 0) is 13.0 Å². The van der Waals surface area contributed by atoms with Gasteiger partial charge in [-0.25, -0.2) is 4.98 Å². The maximum absolute atomic E-state index is 4.93. The summed E-state index contributed by atoms with van der Waals surface area (Å²) in [5.74, 6) is 0. The summed E-state index contributed by atoms with van der Waals surface area (Å²) in [6.45, 7) is 2.68. The molecule has 0 saturated carbocycles. The molecule has 1 aromatic heterocycles. The molecule has 0 aliphatic heterocycles. The average Bonchev–Trinajstić information content (AvgIpc) is 2.57. The van der Waals surface area contributed by atoms with Crippen molar-refractivity contribution in [3.05, 3.63) is 16.6 Å². The molecule has 0 saturated heterocycles. The molecule has 12 heavy (non-hydrogen) atoms. The Balaban J connectivity index is 1.96. The second-order valence-corrected chi connectivity index (χ2v) is 3.22. The van der Waals surface area contributed by atoms with E-state index >= 15 is 0 Å². The fourth-order valence-corrected chi connectivity index (χ4v) is 1.44. The molecule has 0 atom stereocenters. The molecule has 0 amide bonds. The third kappa shape index (κ3) is 3.80. The van der Waals surface area contributed by atoms with E-state index in [-0.39, 0.29) is 0 Å². The van der Waals surface area contributed by atoms with Crippen LogP contribution >= 0.6 is 11.3 Å². The number of hydrogen-bond acceptors (Lipinski definition) is 4. The lowest BCUT2D eigenvalue weighted by Gasteiger charge is -2.00. The van der Waals surface area contributed by atoms with Gasteiger partial charge in [-0.1, -0.05) is 0 Å². The molecule has 0 unspecified atom stereocenters. The molecule has 0 aliphatic carbocycles. The van der Waals surface area contributed by atoms with Crippen molar-refractivity contribution in [1.82, 2.24) is 10.3 Å². The van der Waals surface area contributed by atoms with Crippen LogP contribution < -0.4 is 5.32 Å². The Labute approximate surface area is 76.8 Å². The lowest BCUT2D eigenvalue weighted by atomic mass is 10.4. The van der Waals surface area contributed by atoms with Crippen LogP contribution in [-0.4, -0.2) is 25.2 Å². The summed E-state index contributed by atoms with van der Waals surface area (Å²) in [5.41, 5.74) is 2.98. The van der Waals surface area contributed by atoms with Crippen molar-refractivity contribution in [1.29, 1.82) is 0 Å². The Morgan fingerprint density at radius 1 is 1.67 bits per heavy atom. The van der Waals surface area contributed by atoms with Crippen molar-refractivity contribution < 1.29 is 4.74 Å². The molecule has 0 aliphatic rings. The van der Waals surface area contributed by atoms with Crippen molar-refractivity contribution in [2.24, 2.45) is 0 Å². The van der Waals surface area contributed by atoms with E-state index in [1.54, 1.807) is 18.4 Å². The van der Waals surface area contributed by atoms with Crippen LogP contribution in [0.1, 0.15) is 12.1 Å². The molecular weight excluding hydrogens is 172 g/mol. The fraction of sp³-hybridized carbons (Fsp3) is 0.625. The van der Waals surface area contributed by atoms with E-state index in [2.05, 4.69) is 15.7 Å². The third-order valence-corrected chi connectivity index (χ3v) is 2.13. The van der Waals surface area contributed by atoms with Crippen LogP contribution in [0.5, 0.6) is 0 Å². The summed E-state index contributed by atoms with van der Waals surface area (Å²) in [4.78, 5) is 4.16. The second kappa shape index (κ2) is 6.11. The van der Waals surface area contributed by atoms with Crippen LogP contribution in [0.3, 0.4) is 0 Å². The van der Waals surface area contributed by atoms with Gasteiger partial charge in [0.05, 0.1) is 11.2 Å². The van der Waals surface area contributed by atoms with E-state index < -0.39 is 0 Å². The summed E-state index contributed by atoms with van der Waals surface area (Å²) < 4.78 is 4.93. The number of nitrogens with zero attached hydrogens (tertiary/aromatic N) is 1. The predicted octanol–water partition coefficient (Wildman–Crippen LogP) is 1.27. The molecule has 0 radical (unpaired) electrons. The minimum Gasteiger partial charge on any atom is -0.385 e. The Bertz CT molecular complexity index is 189. The zero-order valence-corrected chi connectivity index (χ0v) is 8.06. The van der Waals surface area contributed by atoms with Crippen LogP contribution in [0.2, 0.25) is 0 Å². The standard InChI is InChI=1S/C8H14N2OS/c1-11-4-2-3-9-5-8-6-12-7-10-8/h6-7,9H,2-5H2,1H3. The second-order valence-electron chi connectivity index (χ2n) is 2.50. The van der Waals surface area contributed by atoms with Gasteiger partial charge in [0.2, 0.25) is 0 Å². The summed E-state index contributed by atoms with van der Waals surface area (Å²) in [6, 6.07) is 0. The molecule has 3 nitrogen and oxygen atoms in total. The molecule has 1 heterocycles. The van der Waals surface area contributed by atoms with Gasteiger partial charge in [-0.15, -0.1) is 11.3 Å². The number of ether oxygens (including phenoxy) is 1. The number of thiazole rings is 1. The van der Waals surface area contributed by atoms with Gasteiger partial charge < -0.3 is 10.1 Å². The van der Waals surface area contributed by atoms with Gasteiger partial charge >= 0.3 is 0 Å². The molecular formula is C8H14N2OS. The predicted molar refractivity (Wildman–Crippen MR) is 50.3 cm³/mol. The number of aromatic nitrogens is 1. The first kappa shape index (κ1) is 9.64. The summed E-state index contributed by atoms with van der Waals surface area (Å²) in [6.07, 6.45) is 1.06. The fourth-order valence-electron chi connectivity index (χ4n) is 0.883. The average molecular weight is 186 g/mol. The van der Waals surface area contributed by atoms with Crippen LogP contribution in [0, 0.1) is 0 Å². The summed E-state index contributed by atoms with van der Waals surface area (Å²) >= 11 is 1.63. The summed E-state index contributed by atoms with van der Waals surface area (Å²) in [7, 11) is 1.72. The van der Waals surface area contributed by atoms with Gasteiger partial charge in [-0.2, -0.15) is 0 Å². The summed E-state index contributed by atoms with van der Waals surface area (Å²) in [5, 5.41) is 5.35. The Hall–Kier alpha value is -0.450. The number of hydrogen-bond donors (Lipinski definition) is 1. The molecule has 0 bridgehead atoms. The van der Waals surface area contributed by atoms with Crippen LogP contribution in [0.4, 0.5) is 0 Å². The minimum absolute atomic E-state index is 0.823. The van der Waals surface area contributed by atoms with E-state index in [1.807, 2.05) is 5.51 Å². The van der Waals surface area contributed by atoms with E-state index in [9.17, 15) is 0 Å². The molecule has 1 aromatic rings. The number of rotatable bonds is 6. The largest absolute Gasteiger partial charge is 0.385 e. The molecule has 1 rings (SSSR count). The van der Waals surface area contributed by atoms with Crippen LogP contribution in [0.15, 0.2) is 10.9 Å². The monoisotopic (exact) mass is 186 g/mol. The lowest BCUT2D eigenvalue weighted by Crippen LogP contribution is -2.16. The number of methoxy groups -OCH3 is 1. The topological polar surface area (TPSA) is 34.1 Å². The van der Waals surface area contributed by atoms with E-state index in [0.29, 0.717) is 0 Å². The highest BCUT2D eigenvalue weighted by Crippen LogP contribution is 1.99. The highest BCUT2D eigenvalue weighted by atomic mass is 32.1. The normalized spacial score (nSPS) is 10.4. The zero-order valence-electron chi connectivity index (χ0n) is 7.25. The minimum atomic E-state index is 0.823. The number of nitrogens with one attached hydrogen (secondary N) is 1. The molecule has 1 N–H and O–H groups in total. The van der Waals surface area contributed by atoms with Gasteiger partial charge in [0.15, 0.2) is 0 Å². The van der Waals surface area contributed by atoms with Crippen molar-refractivity contribution in [2.75, 3.05) is 20.3 Å². The van der Waals surface area contributed by atoms with Crippen molar-refractivity contribution in [3.63, 3.8) is 0 Å². The van der Waals surface area contributed by atoms with Crippen molar-refractivity contribution in [3.8, 4) is 0 Å². The molecule has 68 valence electrons. The molecule has 0 spiro atoms. The van der Waals surface area contributed by atoms with Crippen LogP contribution in [-0.2, 0) is 11.3 Å². The first-order valence-electron chi connectivity index (χ1n) is 4.00. The molecule has 0 aromatic carbocycles. The Morgan fingerprint density at radius 2 is 2.58 bits per heavy atom. The van der Waals surface area contributed by atoms with Gasteiger partial charge in [0, 0.05) is 25.6 Å². The van der Waals surface area contributed by atoms with Gasteiger partial charge in [0.1, 0.15) is 0 Å². The highest BCUT2D eigenvalue weighted by Gasteiger charge is 1.92. The molecule has 0 fully saturated rings. The van der Waals surface area contributed by atoms with E-state index in [1.165, 1.54) is 0 Å². The Kier molecular flexibility index (Phi) is 4.91. The molecule has 4 heteroatoms. The van der Waals surface area contributed by atoms with E-state index in [4.69, 9.17) is 4.74 Å².